The molecule has 1 aromatic heterocycles. The number of benzene rings is 1. The third-order valence-electron chi connectivity index (χ3n) is 5.46. The Bertz CT molecular complexity index is 802. The summed E-state index contributed by atoms with van der Waals surface area (Å²) in [6.07, 6.45) is 4.37. The Labute approximate surface area is 183 Å². The van der Waals surface area contributed by atoms with Crippen molar-refractivity contribution in [3.8, 4) is 5.75 Å². The highest BCUT2D eigenvalue weighted by Gasteiger charge is 2.21. The van der Waals surface area contributed by atoms with Gasteiger partial charge in [0.1, 0.15) is 18.5 Å². The summed E-state index contributed by atoms with van der Waals surface area (Å²) < 4.78 is 11.5. The molecule has 0 spiro atoms. The summed E-state index contributed by atoms with van der Waals surface area (Å²) in [5, 5.41) is 20.5. The number of rotatable bonds is 3. The van der Waals surface area contributed by atoms with E-state index in [0.717, 1.165) is 29.7 Å². The van der Waals surface area contributed by atoms with Crippen molar-refractivity contribution in [1.29, 1.82) is 0 Å². The molecule has 0 unspecified atom stereocenters. The van der Waals surface area contributed by atoms with Crippen LogP contribution in [0.4, 0.5) is 0 Å². The number of fused-ring (bicyclic) bond motifs is 1. The third-order valence-corrected chi connectivity index (χ3v) is 5.46. The van der Waals surface area contributed by atoms with Crippen molar-refractivity contribution in [2.24, 2.45) is 0 Å². The highest BCUT2D eigenvalue weighted by molar-refractivity contribution is 5.76. The van der Waals surface area contributed by atoms with Gasteiger partial charge in [0.2, 0.25) is 5.91 Å². The molecule has 2 N–H and O–H groups in total. The number of aromatic nitrogens is 1. The smallest absolute Gasteiger partial charge is 0.223 e. The topological polar surface area (TPSA) is 92.1 Å². The summed E-state index contributed by atoms with van der Waals surface area (Å²) >= 11 is 0. The van der Waals surface area contributed by atoms with E-state index in [2.05, 4.69) is 4.98 Å². The van der Waals surface area contributed by atoms with Crippen LogP contribution in [0.2, 0.25) is 0 Å². The average Bonchev–Trinajstić information content (AvgIpc) is 2.80. The first-order chi connectivity index (χ1) is 15.1. The van der Waals surface area contributed by atoms with Crippen molar-refractivity contribution in [2.45, 2.75) is 44.3 Å². The number of aliphatic hydroxyl groups is 2. The fraction of sp³-hybridized carbons (Fsp3) is 0.500. The molecule has 2 atom stereocenters. The second kappa shape index (κ2) is 12.4. The normalized spacial score (nSPS) is 21.3. The first kappa shape index (κ1) is 23.2. The number of para-hydroxylation sites is 1. The summed E-state index contributed by atoms with van der Waals surface area (Å²) in [5.74, 6) is 0.809. The monoisotopic (exact) mass is 428 g/mol. The van der Waals surface area contributed by atoms with Crippen molar-refractivity contribution in [2.75, 3.05) is 32.9 Å². The summed E-state index contributed by atoms with van der Waals surface area (Å²) in [6, 6.07) is 11.7. The summed E-state index contributed by atoms with van der Waals surface area (Å²) in [5.41, 5.74) is 2.10. The van der Waals surface area contributed by atoms with Crippen molar-refractivity contribution < 1.29 is 24.5 Å². The second-order valence-electron chi connectivity index (χ2n) is 7.80. The van der Waals surface area contributed by atoms with E-state index in [1.807, 2.05) is 36.4 Å². The van der Waals surface area contributed by atoms with E-state index in [9.17, 15) is 15.0 Å². The molecule has 1 aromatic carbocycles. The van der Waals surface area contributed by atoms with Gasteiger partial charge in [-0.25, -0.2) is 0 Å². The number of hydrogen-bond acceptors (Lipinski definition) is 6. The van der Waals surface area contributed by atoms with Gasteiger partial charge in [-0.2, -0.15) is 0 Å². The lowest BCUT2D eigenvalue weighted by Gasteiger charge is -2.25. The van der Waals surface area contributed by atoms with Gasteiger partial charge in [0.05, 0.1) is 19.3 Å². The Morgan fingerprint density at radius 3 is 2.81 bits per heavy atom. The van der Waals surface area contributed by atoms with E-state index < -0.39 is 12.2 Å². The molecule has 0 radical (unpaired) electrons. The number of ether oxygens (including phenoxy) is 2. The molecule has 2 heterocycles. The van der Waals surface area contributed by atoms with Crippen LogP contribution in [0.3, 0.4) is 0 Å². The number of aliphatic hydroxyl groups excluding tert-OH is 2. The van der Waals surface area contributed by atoms with Crippen molar-refractivity contribution in [3.05, 3.63) is 59.9 Å². The zero-order valence-electron chi connectivity index (χ0n) is 17.9. The average molecular weight is 429 g/mol. The molecule has 1 aliphatic heterocycles. The Balaban J connectivity index is 1.65. The largest absolute Gasteiger partial charge is 0.491 e. The molecule has 0 bridgehead atoms. The van der Waals surface area contributed by atoms with Crippen molar-refractivity contribution >= 4 is 5.91 Å². The lowest BCUT2D eigenvalue weighted by Crippen LogP contribution is -2.39. The maximum atomic E-state index is 12.9. The van der Waals surface area contributed by atoms with Gasteiger partial charge >= 0.3 is 0 Å². The van der Waals surface area contributed by atoms with Crippen LogP contribution in [0.5, 0.6) is 5.75 Å². The number of hydrogen-bond donors (Lipinski definition) is 2. The Morgan fingerprint density at radius 2 is 1.97 bits per heavy atom. The zero-order valence-corrected chi connectivity index (χ0v) is 17.9. The molecular formula is C24H32N2O5. The Kier molecular flexibility index (Phi) is 9.27. The third kappa shape index (κ3) is 7.61. The van der Waals surface area contributed by atoms with Crippen LogP contribution in [0.15, 0.2) is 48.8 Å². The molecule has 2 aromatic rings. The number of carbonyl (C=O) groups is 1. The first-order valence-corrected chi connectivity index (χ1v) is 10.9. The van der Waals surface area contributed by atoms with Crippen LogP contribution < -0.4 is 4.74 Å². The molecule has 1 aliphatic rings. The molecule has 7 heteroatoms. The SMILES string of the molecule is O=C(CCc1cccnc1)N1CCOc2ccccc2CCCOC[C@@H](O)[C@@H](O)CC1. The number of aryl methyl sites for hydroxylation is 2. The van der Waals surface area contributed by atoms with E-state index in [-0.39, 0.29) is 18.9 Å². The Morgan fingerprint density at radius 1 is 1.10 bits per heavy atom. The van der Waals surface area contributed by atoms with Crippen molar-refractivity contribution in [3.63, 3.8) is 0 Å². The highest BCUT2D eigenvalue weighted by Crippen LogP contribution is 2.20. The number of carbonyl (C=O) groups excluding carboxylic acids is 1. The van der Waals surface area contributed by atoms with Crippen LogP contribution >= 0.6 is 0 Å². The second-order valence-corrected chi connectivity index (χ2v) is 7.80. The van der Waals surface area contributed by atoms with E-state index >= 15 is 0 Å². The summed E-state index contributed by atoms with van der Waals surface area (Å²) in [6.45, 7) is 1.70. The van der Waals surface area contributed by atoms with Gasteiger partial charge in [0.25, 0.3) is 0 Å². The number of nitrogens with zero attached hydrogens (tertiary/aromatic N) is 2. The predicted octanol–water partition coefficient (Wildman–Crippen LogP) is 2.00. The minimum Gasteiger partial charge on any atom is -0.491 e. The molecule has 7 nitrogen and oxygen atoms in total. The quantitative estimate of drug-likeness (QED) is 0.777. The minimum atomic E-state index is -0.971. The van der Waals surface area contributed by atoms with Gasteiger partial charge in [0, 0.05) is 32.0 Å². The van der Waals surface area contributed by atoms with Gasteiger partial charge in [0.15, 0.2) is 0 Å². The molecule has 168 valence electrons. The standard InChI is InChI=1S/C24H32N2O5/c27-21-11-13-26(24(29)10-9-19-5-3-12-25-17-19)14-16-31-23-8-2-1-6-20(23)7-4-15-30-18-22(21)28/h1-3,5-6,8,12,17,21-22,27-28H,4,7,9-11,13-16,18H2/t21-,22+/m0/s1. The predicted molar refractivity (Wildman–Crippen MR) is 117 cm³/mol. The molecule has 0 saturated carbocycles. The fourth-order valence-corrected chi connectivity index (χ4v) is 3.59. The number of amides is 1. The maximum absolute atomic E-state index is 12.9. The number of pyridine rings is 1. The van der Waals surface area contributed by atoms with Crippen LogP contribution in [0.25, 0.3) is 0 Å². The molecule has 1 amide bonds. The molecule has 0 fully saturated rings. The molecule has 0 saturated heterocycles. The lowest BCUT2D eigenvalue weighted by molar-refractivity contribution is -0.132. The van der Waals surface area contributed by atoms with Gasteiger partial charge < -0.3 is 24.6 Å². The van der Waals surface area contributed by atoms with Crippen LogP contribution in [-0.2, 0) is 22.4 Å². The van der Waals surface area contributed by atoms with E-state index in [0.29, 0.717) is 39.1 Å². The van der Waals surface area contributed by atoms with Gasteiger partial charge in [-0.3, -0.25) is 9.78 Å². The van der Waals surface area contributed by atoms with Crippen molar-refractivity contribution in [1.82, 2.24) is 9.88 Å². The van der Waals surface area contributed by atoms with E-state index in [1.54, 1.807) is 17.3 Å². The van der Waals surface area contributed by atoms with E-state index in [4.69, 9.17) is 9.47 Å². The Hall–Kier alpha value is -2.48. The van der Waals surface area contributed by atoms with Crippen LogP contribution in [-0.4, -0.2) is 71.1 Å². The van der Waals surface area contributed by atoms with Crippen LogP contribution in [0.1, 0.15) is 30.4 Å². The fourth-order valence-electron chi connectivity index (χ4n) is 3.59. The highest BCUT2D eigenvalue weighted by atomic mass is 16.5. The van der Waals surface area contributed by atoms with Gasteiger partial charge in [-0.15, -0.1) is 0 Å². The summed E-state index contributed by atoms with van der Waals surface area (Å²) in [4.78, 5) is 18.7. The molecule has 31 heavy (non-hydrogen) atoms. The minimum absolute atomic E-state index is 0.0111. The van der Waals surface area contributed by atoms with Gasteiger partial charge in [-0.1, -0.05) is 24.3 Å². The molecule has 0 aliphatic carbocycles. The summed E-state index contributed by atoms with van der Waals surface area (Å²) in [7, 11) is 0. The molecule has 3 rings (SSSR count). The first-order valence-electron chi connectivity index (χ1n) is 10.9. The maximum Gasteiger partial charge on any atom is 0.223 e. The zero-order chi connectivity index (χ0) is 21.9. The molecular weight excluding hydrogens is 396 g/mol. The van der Waals surface area contributed by atoms with Gasteiger partial charge in [-0.05, 0) is 48.9 Å². The van der Waals surface area contributed by atoms with E-state index in [1.165, 1.54) is 0 Å². The van der Waals surface area contributed by atoms with Crippen LogP contribution in [0, 0.1) is 0 Å². The lowest BCUT2D eigenvalue weighted by atomic mass is 10.1.